The van der Waals surface area contributed by atoms with E-state index in [4.69, 9.17) is 9.47 Å². The highest BCUT2D eigenvalue weighted by Crippen LogP contribution is 2.21. The molecule has 0 spiro atoms. The van der Waals surface area contributed by atoms with Gasteiger partial charge in [0.05, 0.1) is 31.5 Å². The molecule has 2 aromatic carbocycles. The first kappa shape index (κ1) is 18.4. The van der Waals surface area contributed by atoms with E-state index in [1.165, 1.54) is 6.21 Å². The third kappa shape index (κ3) is 3.92. The molecule has 0 saturated carbocycles. The topological polar surface area (TPSA) is 77.7 Å². The molecule has 3 aromatic rings. The van der Waals surface area contributed by atoms with Crippen LogP contribution in [0.25, 0.3) is 11.0 Å². The normalized spacial score (nSPS) is 11.1. The maximum atomic E-state index is 12.4. The Morgan fingerprint density at radius 3 is 2.52 bits per heavy atom. The molecule has 0 radical (unpaired) electrons. The molecule has 0 fully saturated rings. The van der Waals surface area contributed by atoms with E-state index < -0.39 is 0 Å². The van der Waals surface area contributed by atoms with Crippen LogP contribution in [0.1, 0.15) is 28.7 Å². The largest absolute Gasteiger partial charge is 0.497 e. The zero-order valence-electron chi connectivity index (χ0n) is 15.8. The minimum atomic E-state index is -0.299. The van der Waals surface area contributed by atoms with Crippen LogP contribution in [0, 0.1) is 6.92 Å². The summed E-state index contributed by atoms with van der Waals surface area (Å²) in [5.74, 6) is 1.92. The summed E-state index contributed by atoms with van der Waals surface area (Å²) in [6.45, 7) is 4.86. The van der Waals surface area contributed by atoms with Crippen LogP contribution < -0.4 is 14.9 Å². The molecule has 0 unspecified atom stereocenters. The molecule has 0 aliphatic heterocycles. The van der Waals surface area contributed by atoms with Crippen LogP contribution in [-0.2, 0) is 6.54 Å². The number of hydrogen-bond donors (Lipinski definition) is 1. The van der Waals surface area contributed by atoms with Gasteiger partial charge in [-0.3, -0.25) is 4.79 Å². The molecule has 7 nitrogen and oxygen atoms in total. The number of carbonyl (C=O) groups excluding carboxylic acids is 1. The SMILES string of the molecule is CCn1c(C)nc2cc(C(=O)NN=Cc3cc(OC)cc(OC)c3)ccc21. The molecular formula is C20H22N4O3. The Morgan fingerprint density at radius 2 is 1.89 bits per heavy atom. The first-order valence-corrected chi connectivity index (χ1v) is 8.59. The van der Waals surface area contributed by atoms with Crippen molar-refractivity contribution in [2.24, 2.45) is 5.10 Å². The van der Waals surface area contributed by atoms with E-state index in [-0.39, 0.29) is 5.91 Å². The van der Waals surface area contributed by atoms with E-state index in [0.717, 1.165) is 29.0 Å². The van der Waals surface area contributed by atoms with Gasteiger partial charge in [-0.15, -0.1) is 0 Å². The van der Waals surface area contributed by atoms with Crippen LogP contribution in [0.4, 0.5) is 0 Å². The van der Waals surface area contributed by atoms with Crippen molar-refractivity contribution >= 4 is 23.2 Å². The van der Waals surface area contributed by atoms with Gasteiger partial charge in [-0.1, -0.05) is 0 Å². The van der Waals surface area contributed by atoms with Crippen molar-refractivity contribution in [3.05, 3.63) is 53.3 Å². The lowest BCUT2D eigenvalue weighted by Crippen LogP contribution is -2.17. The van der Waals surface area contributed by atoms with E-state index in [1.807, 2.05) is 13.0 Å². The molecule has 27 heavy (non-hydrogen) atoms. The first-order chi connectivity index (χ1) is 13.0. The van der Waals surface area contributed by atoms with Gasteiger partial charge in [0, 0.05) is 23.7 Å². The van der Waals surface area contributed by atoms with Crippen LogP contribution in [0.2, 0.25) is 0 Å². The van der Waals surface area contributed by atoms with Crippen LogP contribution in [0.3, 0.4) is 0 Å². The summed E-state index contributed by atoms with van der Waals surface area (Å²) in [5, 5.41) is 4.03. The summed E-state index contributed by atoms with van der Waals surface area (Å²) in [4.78, 5) is 16.9. The maximum Gasteiger partial charge on any atom is 0.271 e. The Morgan fingerprint density at radius 1 is 1.19 bits per heavy atom. The Hall–Kier alpha value is -3.35. The number of rotatable bonds is 6. The zero-order chi connectivity index (χ0) is 19.4. The third-order valence-corrected chi connectivity index (χ3v) is 4.27. The van der Waals surface area contributed by atoms with E-state index in [9.17, 15) is 4.79 Å². The second-order valence-electron chi connectivity index (χ2n) is 5.95. The number of amides is 1. The maximum absolute atomic E-state index is 12.4. The van der Waals surface area contributed by atoms with Gasteiger partial charge in [-0.2, -0.15) is 5.10 Å². The van der Waals surface area contributed by atoms with Gasteiger partial charge in [0.2, 0.25) is 0 Å². The predicted octanol–water partition coefficient (Wildman–Crippen LogP) is 3.15. The van der Waals surface area contributed by atoms with Crippen molar-refractivity contribution in [3.63, 3.8) is 0 Å². The number of benzene rings is 2. The lowest BCUT2D eigenvalue weighted by atomic mass is 10.2. The fraction of sp³-hybridized carbons (Fsp3) is 0.250. The molecule has 1 N–H and O–H groups in total. The van der Waals surface area contributed by atoms with Gasteiger partial charge in [0.1, 0.15) is 17.3 Å². The Labute approximate surface area is 157 Å². The lowest BCUT2D eigenvalue weighted by molar-refractivity contribution is 0.0955. The van der Waals surface area contributed by atoms with E-state index in [2.05, 4.69) is 27.0 Å². The number of imidazole rings is 1. The van der Waals surface area contributed by atoms with E-state index in [1.54, 1.807) is 44.6 Å². The molecule has 0 aliphatic rings. The smallest absolute Gasteiger partial charge is 0.271 e. The van der Waals surface area contributed by atoms with Crippen LogP contribution >= 0.6 is 0 Å². The van der Waals surface area contributed by atoms with Crippen LogP contribution in [0.5, 0.6) is 11.5 Å². The highest BCUT2D eigenvalue weighted by Gasteiger charge is 2.10. The van der Waals surface area contributed by atoms with Gasteiger partial charge in [-0.05, 0) is 44.2 Å². The average Bonchev–Trinajstić information content (AvgIpc) is 3.01. The lowest BCUT2D eigenvalue weighted by Gasteiger charge is -2.05. The van der Waals surface area contributed by atoms with Crippen molar-refractivity contribution in [3.8, 4) is 11.5 Å². The summed E-state index contributed by atoms with van der Waals surface area (Å²) in [7, 11) is 3.16. The molecular weight excluding hydrogens is 344 g/mol. The number of hydrazone groups is 1. The van der Waals surface area contributed by atoms with Gasteiger partial charge < -0.3 is 14.0 Å². The van der Waals surface area contributed by atoms with Crippen molar-refractivity contribution in [1.29, 1.82) is 0 Å². The molecule has 1 heterocycles. The van der Waals surface area contributed by atoms with E-state index >= 15 is 0 Å². The minimum absolute atomic E-state index is 0.299. The van der Waals surface area contributed by atoms with Crippen molar-refractivity contribution in [1.82, 2.24) is 15.0 Å². The summed E-state index contributed by atoms with van der Waals surface area (Å²) in [6, 6.07) is 10.8. The zero-order valence-corrected chi connectivity index (χ0v) is 15.8. The van der Waals surface area contributed by atoms with Gasteiger partial charge in [0.25, 0.3) is 5.91 Å². The third-order valence-electron chi connectivity index (χ3n) is 4.27. The molecule has 7 heteroatoms. The van der Waals surface area contributed by atoms with Crippen LogP contribution in [0.15, 0.2) is 41.5 Å². The first-order valence-electron chi connectivity index (χ1n) is 8.59. The standard InChI is InChI=1S/C20H22N4O3/c1-5-24-13(2)22-18-10-15(6-7-19(18)24)20(25)23-21-12-14-8-16(26-3)11-17(9-14)27-4/h6-12H,5H2,1-4H3,(H,23,25). The number of hydrogen-bond acceptors (Lipinski definition) is 5. The second-order valence-corrected chi connectivity index (χ2v) is 5.95. The fourth-order valence-electron chi connectivity index (χ4n) is 2.92. The van der Waals surface area contributed by atoms with Crippen molar-refractivity contribution in [2.75, 3.05) is 14.2 Å². The number of aryl methyl sites for hydroxylation is 2. The predicted molar refractivity (Wildman–Crippen MR) is 105 cm³/mol. The molecule has 0 atom stereocenters. The molecule has 3 rings (SSSR count). The van der Waals surface area contributed by atoms with Gasteiger partial charge in [-0.25, -0.2) is 10.4 Å². The van der Waals surface area contributed by atoms with Gasteiger partial charge in [0.15, 0.2) is 0 Å². The van der Waals surface area contributed by atoms with Gasteiger partial charge >= 0.3 is 0 Å². The monoisotopic (exact) mass is 366 g/mol. The molecule has 0 aliphatic carbocycles. The summed E-state index contributed by atoms with van der Waals surface area (Å²) in [6.07, 6.45) is 1.54. The van der Waals surface area contributed by atoms with Crippen molar-refractivity contribution < 1.29 is 14.3 Å². The summed E-state index contributed by atoms with van der Waals surface area (Å²) in [5.41, 5.74) is 5.60. The number of carbonyl (C=O) groups is 1. The average molecular weight is 366 g/mol. The number of fused-ring (bicyclic) bond motifs is 1. The van der Waals surface area contributed by atoms with Crippen LogP contribution in [-0.4, -0.2) is 35.9 Å². The molecule has 1 aromatic heterocycles. The number of nitrogens with zero attached hydrogens (tertiary/aromatic N) is 3. The molecule has 140 valence electrons. The highest BCUT2D eigenvalue weighted by molar-refractivity contribution is 5.98. The Bertz CT molecular complexity index is 986. The number of nitrogens with one attached hydrogen (secondary N) is 1. The number of methoxy groups -OCH3 is 2. The molecule has 1 amide bonds. The second kappa shape index (κ2) is 7.90. The summed E-state index contributed by atoms with van der Waals surface area (Å²) >= 11 is 0. The minimum Gasteiger partial charge on any atom is -0.497 e. The van der Waals surface area contributed by atoms with E-state index in [0.29, 0.717) is 17.1 Å². The Kier molecular flexibility index (Phi) is 5.40. The molecule has 0 saturated heterocycles. The number of ether oxygens (including phenoxy) is 2. The summed E-state index contributed by atoms with van der Waals surface area (Å²) < 4.78 is 12.5. The highest BCUT2D eigenvalue weighted by atomic mass is 16.5. The Balaban J connectivity index is 1.76. The quantitative estimate of drug-likeness (QED) is 0.537. The number of aromatic nitrogens is 2. The molecule has 0 bridgehead atoms. The fourth-order valence-corrected chi connectivity index (χ4v) is 2.92. The van der Waals surface area contributed by atoms with Crippen molar-refractivity contribution in [2.45, 2.75) is 20.4 Å².